The van der Waals surface area contributed by atoms with Gasteiger partial charge in [0.25, 0.3) is 0 Å². The molecule has 0 saturated heterocycles. The number of furan rings is 1. The van der Waals surface area contributed by atoms with Crippen molar-refractivity contribution in [3.63, 3.8) is 0 Å². The Kier molecular flexibility index (Phi) is 2.26. The summed E-state index contributed by atoms with van der Waals surface area (Å²) in [5.74, 6) is 1.15. The van der Waals surface area contributed by atoms with Crippen molar-refractivity contribution in [2.45, 2.75) is 6.92 Å². The zero-order valence-corrected chi connectivity index (χ0v) is 10.0. The molecule has 3 aromatic heterocycles. The van der Waals surface area contributed by atoms with Crippen LogP contribution in [0.2, 0.25) is 0 Å². The van der Waals surface area contributed by atoms with Gasteiger partial charge in [-0.15, -0.1) is 0 Å². The van der Waals surface area contributed by atoms with Gasteiger partial charge in [-0.3, -0.25) is 4.79 Å². The third kappa shape index (κ3) is 1.44. The van der Waals surface area contributed by atoms with E-state index in [4.69, 9.17) is 4.42 Å². The predicted octanol–water partition coefficient (Wildman–Crippen LogP) is 2.35. The Hall–Kier alpha value is -2.43. The minimum absolute atomic E-state index is 0.531. The van der Waals surface area contributed by atoms with Crippen LogP contribution in [0.25, 0.3) is 22.6 Å². The molecule has 90 valence electrons. The number of carbonyl (C=O) groups is 1. The van der Waals surface area contributed by atoms with Crippen LogP contribution in [0.5, 0.6) is 0 Å². The standard InChI is InChI=1S/C13H11N3O2/c1-8-11-9(7-17)6-16(2)13(11)15-12(14-8)10-4-3-5-18-10/h3-7H,1-2H3. The largest absolute Gasteiger partial charge is 0.461 e. The third-order valence-electron chi connectivity index (χ3n) is 2.89. The van der Waals surface area contributed by atoms with Crippen molar-refractivity contribution in [3.8, 4) is 11.6 Å². The quantitative estimate of drug-likeness (QED) is 0.646. The number of rotatable bonds is 2. The van der Waals surface area contributed by atoms with Gasteiger partial charge >= 0.3 is 0 Å². The maximum absolute atomic E-state index is 11.0. The first kappa shape index (κ1) is 10.7. The molecule has 18 heavy (non-hydrogen) atoms. The fourth-order valence-corrected chi connectivity index (χ4v) is 2.09. The minimum atomic E-state index is 0.531. The lowest BCUT2D eigenvalue weighted by Gasteiger charge is -2.02. The van der Waals surface area contributed by atoms with Crippen LogP contribution in [0.4, 0.5) is 0 Å². The van der Waals surface area contributed by atoms with Crippen molar-refractivity contribution in [2.24, 2.45) is 7.05 Å². The zero-order chi connectivity index (χ0) is 12.7. The molecule has 0 spiro atoms. The van der Waals surface area contributed by atoms with Gasteiger partial charge in [-0.25, -0.2) is 9.97 Å². The van der Waals surface area contributed by atoms with Gasteiger partial charge in [0, 0.05) is 18.8 Å². The second kappa shape index (κ2) is 3.80. The van der Waals surface area contributed by atoms with E-state index in [1.54, 1.807) is 18.5 Å². The average Bonchev–Trinajstić information content (AvgIpc) is 2.97. The Morgan fingerprint density at radius 3 is 2.89 bits per heavy atom. The first-order chi connectivity index (χ1) is 8.70. The lowest BCUT2D eigenvalue weighted by atomic mass is 10.2. The van der Waals surface area contributed by atoms with Crippen LogP contribution in [-0.4, -0.2) is 20.8 Å². The van der Waals surface area contributed by atoms with Crippen LogP contribution < -0.4 is 0 Å². The molecule has 0 fully saturated rings. The SMILES string of the molecule is Cc1nc(-c2ccco2)nc2c1c(C=O)cn2C. The van der Waals surface area contributed by atoms with Crippen LogP contribution in [0.3, 0.4) is 0 Å². The Bertz CT molecular complexity index is 726. The van der Waals surface area contributed by atoms with E-state index >= 15 is 0 Å². The van der Waals surface area contributed by atoms with E-state index in [9.17, 15) is 4.79 Å². The average molecular weight is 241 g/mol. The molecule has 3 aromatic rings. The summed E-state index contributed by atoms with van der Waals surface area (Å²) in [6, 6.07) is 3.60. The number of nitrogens with zero attached hydrogens (tertiary/aromatic N) is 3. The Morgan fingerprint density at radius 1 is 1.39 bits per heavy atom. The maximum Gasteiger partial charge on any atom is 0.197 e. The van der Waals surface area contributed by atoms with E-state index in [1.165, 1.54) is 0 Å². The Morgan fingerprint density at radius 2 is 2.22 bits per heavy atom. The van der Waals surface area contributed by atoms with E-state index in [1.807, 2.05) is 24.6 Å². The van der Waals surface area contributed by atoms with Crippen molar-refractivity contribution in [1.82, 2.24) is 14.5 Å². The molecule has 0 unspecified atom stereocenters. The van der Waals surface area contributed by atoms with Crippen molar-refractivity contribution in [1.29, 1.82) is 0 Å². The number of aldehydes is 1. The molecule has 0 aliphatic heterocycles. The third-order valence-corrected chi connectivity index (χ3v) is 2.89. The van der Waals surface area contributed by atoms with Crippen molar-refractivity contribution in [3.05, 3.63) is 35.9 Å². The van der Waals surface area contributed by atoms with E-state index in [0.717, 1.165) is 23.0 Å². The highest BCUT2D eigenvalue weighted by molar-refractivity contribution is 5.97. The summed E-state index contributed by atoms with van der Waals surface area (Å²) in [6.45, 7) is 1.86. The summed E-state index contributed by atoms with van der Waals surface area (Å²) in [7, 11) is 1.85. The van der Waals surface area contributed by atoms with Gasteiger partial charge in [0.2, 0.25) is 0 Å². The van der Waals surface area contributed by atoms with Gasteiger partial charge in [-0.1, -0.05) is 0 Å². The van der Waals surface area contributed by atoms with Crippen molar-refractivity contribution < 1.29 is 9.21 Å². The number of carbonyl (C=O) groups excluding carboxylic acids is 1. The first-order valence-corrected chi connectivity index (χ1v) is 5.53. The highest BCUT2D eigenvalue weighted by Gasteiger charge is 2.14. The second-order valence-electron chi connectivity index (χ2n) is 4.12. The molecule has 0 atom stereocenters. The molecule has 5 nitrogen and oxygen atoms in total. The molecule has 0 N–H and O–H groups in total. The molecule has 0 saturated carbocycles. The summed E-state index contributed by atoms with van der Waals surface area (Å²) in [4.78, 5) is 19.8. The highest BCUT2D eigenvalue weighted by Crippen LogP contribution is 2.24. The van der Waals surface area contributed by atoms with Crippen LogP contribution >= 0.6 is 0 Å². The first-order valence-electron chi connectivity index (χ1n) is 5.53. The smallest absolute Gasteiger partial charge is 0.197 e. The fourth-order valence-electron chi connectivity index (χ4n) is 2.09. The van der Waals surface area contributed by atoms with Crippen molar-refractivity contribution >= 4 is 17.3 Å². The maximum atomic E-state index is 11.0. The van der Waals surface area contributed by atoms with E-state index < -0.39 is 0 Å². The zero-order valence-electron chi connectivity index (χ0n) is 10.0. The molecule has 0 amide bonds. The summed E-state index contributed by atoms with van der Waals surface area (Å²) in [5.41, 5.74) is 2.11. The number of aromatic nitrogens is 3. The monoisotopic (exact) mass is 241 g/mol. The van der Waals surface area contributed by atoms with E-state index in [-0.39, 0.29) is 0 Å². The molecule has 5 heteroatoms. The predicted molar refractivity (Wildman–Crippen MR) is 66.3 cm³/mol. The number of aryl methyl sites for hydroxylation is 2. The molecule has 0 aliphatic rings. The molecule has 0 aromatic carbocycles. The van der Waals surface area contributed by atoms with E-state index in [0.29, 0.717) is 17.1 Å². The molecule has 3 rings (SSSR count). The van der Waals surface area contributed by atoms with Crippen LogP contribution in [0, 0.1) is 6.92 Å². The van der Waals surface area contributed by atoms with Gasteiger partial charge in [0.15, 0.2) is 17.9 Å². The number of hydrogen-bond acceptors (Lipinski definition) is 4. The lowest BCUT2D eigenvalue weighted by molar-refractivity contribution is 0.112. The topological polar surface area (TPSA) is 60.9 Å². The molecule has 0 bridgehead atoms. The summed E-state index contributed by atoms with van der Waals surface area (Å²) in [5, 5.41) is 0.794. The van der Waals surface area contributed by atoms with Gasteiger partial charge in [0.05, 0.1) is 17.3 Å². The van der Waals surface area contributed by atoms with Gasteiger partial charge in [0.1, 0.15) is 5.65 Å². The van der Waals surface area contributed by atoms with Gasteiger partial charge in [-0.05, 0) is 19.1 Å². The summed E-state index contributed by atoms with van der Waals surface area (Å²) in [6.07, 6.45) is 4.16. The Labute approximate surface area is 103 Å². The molecule has 0 aliphatic carbocycles. The Balaban J connectivity index is 2.34. The van der Waals surface area contributed by atoms with Gasteiger partial charge in [-0.2, -0.15) is 0 Å². The number of fused-ring (bicyclic) bond motifs is 1. The molecular formula is C13H11N3O2. The summed E-state index contributed by atoms with van der Waals surface area (Å²) >= 11 is 0. The van der Waals surface area contributed by atoms with E-state index in [2.05, 4.69) is 9.97 Å². The van der Waals surface area contributed by atoms with Crippen LogP contribution in [0.15, 0.2) is 29.0 Å². The van der Waals surface area contributed by atoms with Crippen molar-refractivity contribution in [2.75, 3.05) is 0 Å². The normalized spacial score (nSPS) is 11.0. The van der Waals surface area contributed by atoms with Crippen LogP contribution in [-0.2, 0) is 7.05 Å². The fraction of sp³-hybridized carbons (Fsp3) is 0.154. The second-order valence-corrected chi connectivity index (χ2v) is 4.12. The summed E-state index contributed by atoms with van der Waals surface area (Å²) < 4.78 is 7.11. The lowest BCUT2D eigenvalue weighted by Crippen LogP contribution is -1.96. The molecular weight excluding hydrogens is 230 g/mol. The molecule has 3 heterocycles. The highest BCUT2D eigenvalue weighted by atomic mass is 16.3. The van der Waals surface area contributed by atoms with Crippen LogP contribution in [0.1, 0.15) is 16.1 Å². The minimum Gasteiger partial charge on any atom is -0.461 e. The van der Waals surface area contributed by atoms with Gasteiger partial charge < -0.3 is 8.98 Å². The molecule has 0 radical (unpaired) electrons. The number of hydrogen-bond donors (Lipinski definition) is 0.